The fourth-order valence-electron chi connectivity index (χ4n) is 2.97. The standard InChI is InChI=1S/C16H24N2O3/c1-17-6-7-18(2)13(11-17)16(19)12-4-5-14-15(10-12)21-9-3-8-20-14/h4-5,10,13,16,19H,3,6-9,11H2,1-2H3. The summed E-state index contributed by atoms with van der Waals surface area (Å²) in [6.07, 6.45) is 0.373. The quantitative estimate of drug-likeness (QED) is 0.885. The van der Waals surface area contributed by atoms with Gasteiger partial charge in [0.2, 0.25) is 0 Å². The lowest BCUT2D eigenvalue weighted by Gasteiger charge is -2.40. The summed E-state index contributed by atoms with van der Waals surface area (Å²) >= 11 is 0. The molecule has 0 bridgehead atoms. The minimum atomic E-state index is -0.519. The number of hydrogen-bond donors (Lipinski definition) is 1. The molecule has 1 fully saturated rings. The van der Waals surface area contributed by atoms with Crippen LogP contribution in [0.1, 0.15) is 18.1 Å². The lowest BCUT2D eigenvalue weighted by molar-refractivity contribution is 0.0137. The van der Waals surface area contributed by atoms with E-state index in [4.69, 9.17) is 9.47 Å². The van der Waals surface area contributed by atoms with Crippen LogP contribution in [0.4, 0.5) is 0 Å². The molecule has 2 aliphatic rings. The normalized spacial score (nSPS) is 25.4. The molecule has 0 aromatic heterocycles. The molecular weight excluding hydrogens is 268 g/mol. The third-order valence-electron chi connectivity index (χ3n) is 4.38. The van der Waals surface area contributed by atoms with Gasteiger partial charge in [-0.3, -0.25) is 4.90 Å². The van der Waals surface area contributed by atoms with E-state index in [9.17, 15) is 5.11 Å². The van der Waals surface area contributed by atoms with Crippen LogP contribution in [0, 0.1) is 0 Å². The number of piperazine rings is 1. The van der Waals surface area contributed by atoms with E-state index in [1.807, 2.05) is 18.2 Å². The Morgan fingerprint density at radius 2 is 1.90 bits per heavy atom. The first-order valence-corrected chi connectivity index (χ1v) is 7.61. The summed E-state index contributed by atoms with van der Waals surface area (Å²) in [5.74, 6) is 1.52. The lowest BCUT2D eigenvalue weighted by atomic mass is 9.99. The summed E-state index contributed by atoms with van der Waals surface area (Å²) in [7, 11) is 4.17. The van der Waals surface area contributed by atoms with E-state index < -0.39 is 6.10 Å². The van der Waals surface area contributed by atoms with Gasteiger partial charge < -0.3 is 19.5 Å². The van der Waals surface area contributed by atoms with Gasteiger partial charge in [0.15, 0.2) is 11.5 Å². The highest BCUT2D eigenvalue weighted by Crippen LogP contribution is 2.34. The molecule has 0 aliphatic carbocycles. The summed E-state index contributed by atoms with van der Waals surface area (Å²) in [4.78, 5) is 4.49. The summed E-state index contributed by atoms with van der Waals surface area (Å²) < 4.78 is 11.4. The molecule has 5 heteroatoms. The molecule has 0 saturated carbocycles. The van der Waals surface area contributed by atoms with E-state index in [2.05, 4.69) is 23.9 Å². The Hall–Kier alpha value is -1.30. The molecule has 1 aromatic carbocycles. The molecule has 0 amide bonds. The Labute approximate surface area is 126 Å². The second-order valence-corrected chi connectivity index (χ2v) is 6.01. The monoisotopic (exact) mass is 292 g/mol. The summed E-state index contributed by atoms with van der Waals surface area (Å²) in [6.45, 7) is 4.24. The zero-order valence-corrected chi connectivity index (χ0v) is 12.8. The Morgan fingerprint density at radius 3 is 2.71 bits per heavy atom. The van der Waals surface area contributed by atoms with Gasteiger partial charge in [0.1, 0.15) is 0 Å². The van der Waals surface area contributed by atoms with E-state index in [1.165, 1.54) is 0 Å². The van der Waals surface area contributed by atoms with Gasteiger partial charge in [-0.2, -0.15) is 0 Å². The minimum Gasteiger partial charge on any atom is -0.490 e. The van der Waals surface area contributed by atoms with E-state index in [-0.39, 0.29) is 6.04 Å². The lowest BCUT2D eigenvalue weighted by Crippen LogP contribution is -2.52. The van der Waals surface area contributed by atoms with Gasteiger partial charge in [-0.1, -0.05) is 6.07 Å². The van der Waals surface area contributed by atoms with Crippen LogP contribution in [-0.4, -0.2) is 67.9 Å². The van der Waals surface area contributed by atoms with Gasteiger partial charge in [0, 0.05) is 26.1 Å². The zero-order valence-electron chi connectivity index (χ0n) is 12.8. The van der Waals surface area contributed by atoms with E-state index in [0.29, 0.717) is 13.2 Å². The Balaban J connectivity index is 1.80. The van der Waals surface area contributed by atoms with Crippen molar-refractivity contribution in [1.82, 2.24) is 9.80 Å². The number of aliphatic hydroxyl groups excluding tert-OH is 1. The van der Waals surface area contributed by atoms with Crippen molar-refractivity contribution in [3.8, 4) is 11.5 Å². The predicted octanol–water partition coefficient (Wildman–Crippen LogP) is 1.13. The topological polar surface area (TPSA) is 45.2 Å². The highest BCUT2D eigenvalue weighted by Gasteiger charge is 2.30. The van der Waals surface area contributed by atoms with Crippen LogP contribution in [0.3, 0.4) is 0 Å². The molecule has 1 N–H and O–H groups in total. The molecule has 2 unspecified atom stereocenters. The van der Waals surface area contributed by atoms with Crippen molar-refractivity contribution in [2.24, 2.45) is 0 Å². The maximum Gasteiger partial charge on any atom is 0.161 e. The van der Waals surface area contributed by atoms with Crippen molar-refractivity contribution in [3.05, 3.63) is 23.8 Å². The first kappa shape index (κ1) is 14.6. The molecule has 21 heavy (non-hydrogen) atoms. The smallest absolute Gasteiger partial charge is 0.161 e. The highest BCUT2D eigenvalue weighted by molar-refractivity contribution is 5.44. The minimum absolute atomic E-state index is 0.105. The largest absolute Gasteiger partial charge is 0.490 e. The fourth-order valence-corrected chi connectivity index (χ4v) is 2.97. The first-order valence-electron chi connectivity index (χ1n) is 7.61. The van der Waals surface area contributed by atoms with Crippen molar-refractivity contribution in [2.45, 2.75) is 18.6 Å². The predicted molar refractivity (Wildman–Crippen MR) is 80.9 cm³/mol. The number of rotatable bonds is 2. The molecule has 1 aromatic rings. The number of nitrogens with zero attached hydrogens (tertiary/aromatic N) is 2. The fraction of sp³-hybridized carbons (Fsp3) is 0.625. The Bertz CT molecular complexity index is 494. The van der Waals surface area contributed by atoms with Crippen LogP contribution in [0.2, 0.25) is 0 Å². The van der Waals surface area contributed by atoms with Gasteiger partial charge in [-0.05, 0) is 31.8 Å². The van der Waals surface area contributed by atoms with Crippen LogP contribution in [0.25, 0.3) is 0 Å². The number of fused-ring (bicyclic) bond motifs is 1. The maximum atomic E-state index is 10.7. The van der Waals surface area contributed by atoms with Crippen molar-refractivity contribution in [1.29, 1.82) is 0 Å². The molecule has 2 heterocycles. The molecule has 3 rings (SSSR count). The summed E-state index contributed by atoms with van der Waals surface area (Å²) in [5.41, 5.74) is 0.895. The van der Waals surface area contributed by atoms with Crippen LogP contribution < -0.4 is 9.47 Å². The van der Waals surface area contributed by atoms with Crippen LogP contribution >= 0.6 is 0 Å². The van der Waals surface area contributed by atoms with Crippen molar-refractivity contribution in [3.63, 3.8) is 0 Å². The van der Waals surface area contributed by atoms with Crippen LogP contribution in [0.5, 0.6) is 11.5 Å². The second kappa shape index (κ2) is 6.22. The average Bonchev–Trinajstić information content (AvgIpc) is 2.73. The molecule has 1 saturated heterocycles. The molecule has 2 aliphatic heterocycles. The molecule has 0 radical (unpaired) electrons. The third-order valence-corrected chi connectivity index (χ3v) is 4.38. The average molecular weight is 292 g/mol. The number of ether oxygens (including phenoxy) is 2. The molecular formula is C16H24N2O3. The van der Waals surface area contributed by atoms with Crippen molar-refractivity contribution in [2.75, 3.05) is 46.9 Å². The molecule has 0 spiro atoms. The van der Waals surface area contributed by atoms with Gasteiger partial charge in [0.05, 0.1) is 25.4 Å². The van der Waals surface area contributed by atoms with Crippen LogP contribution in [0.15, 0.2) is 18.2 Å². The van der Waals surface area contributed by atoms with E-state index in [0.717, 1.165) is 43.1 Å². The molecule has 5 nitrogen and oxygen atoms in total. The van der Waals surface area contributed by atoms with Gasteiger partial charge in [-0.25, -0.2) is 0 Å². The Kier molecular flexibility index (Phi) is 4.33. The number of aliphatic hydroxyl groups is 1. The SMILES string of the molecule is CN1CCN(C)C(C(O)c2ccc3c(c2)OCCCO3)C1. The Morgan fingerprint density at radius 1 is 1.14 bits per heavy atom. The number of likely N-dealkylation sites (N-methyl/N-ethyl adjacent to an activating group) is 2. The van der Waals surface area contributed by atoms with E-state index >= 15 is 0 Å². The van der Waals surface area contributed by atoms with Crippen molar-refractivity contribution < 1.29 is 14.6 Å². The third kappa shape index (κ3) is 3.15. The number of benzene rings is 1. The molecule has 2 atom stereocenters. The highest BCUT2D eigenvalue weighted by atomic mass is 16.5. The summed E-state index contributed by atoms with van der Waals surface area (Å²) in [6, 6.07) is 5.88. The summed E-state index contributed by atoms with van der Waals surface area (Å²) in [5, 5.41) is 10.7. The molecule has 116 valence electrons. The van der Waals surface area contributed by atoms with E-state index in [1.54, 1.807) is 0 Å². The van der Waals surface area contributed by atoms with Gasteiger partial charge in [-0.15, -0.1) is 0 Å². The van der Waals surface area contributed by atoms with Gasteiger partial charge in [0.25, 0.3) is 0 Å². The second-order valence-electron chi connectivity index (χ2n) is 6.01. The van der Waals surface area contributed by atoms with Gasteiger partial charge >= 0.3 is 0 Å². The zero-order chi connectivity index (χ0) is 14.8. The first-order chi connectivity index (χ1) is 10.1. The number of hydrogen-bond acceptors (Lipinski definition) is 5. The van der Waals surface area contributed by atoms with Crippen LogP contribution in [-0.2, 0) is 0 Å². The maximum absolute atomic E-state index is 10.7. The van der Waals surface area contributed by atoms with Crippen molar-refractivity contribution >= 4 is 0 Å².